The molecule has 2 aromatic carbocycles. The van der Waals surface area contributed by atoms with E-state index in [1.807, 2.05) is 12.1 Å². The molecular weight excluding hydrogens is 386 g/mol. The number of ether oxygens (including phenoxy) is 1. The lowest BCUT2D eigenvalue weighted by Crippen LogP contribution is -2.43. The van der Waals surface area contributed by atoms with Gasteiger partial charge in [0.1, 0.15) is 16.7 Å². The van der Waals surface area contributed by atoms with Gasteiger partial charge in [0.15, 0.2) is 5.17 Å². The average Bonchev–Trinajstić information content (AvgIpc) is 2.67. The molecule has 0 spiro atoms. The molecule has 140 valence electrons. The average molecular weight is 404 g/mol. The molecule has 1 aliphatic heterocycles. The molecule has 3 rings (SSSR count). The highest BCUT2D eigenvalue weighted by Gasteiger charge is 2.34. The van der Waals surface area contributed by atoms with Gasteiger partial charge in [-0.1, -0.05) is 47.6 Å². The first-order chi connectivity index (χ1) is 13.0. The largest absolute Gasteiger partial charge is 0.494 e. The number of nitrogens with one attached hydrogen (secondary N) is 1. The number of hydrogen-bond donors (Lipinski definition) is 1. The van der Waals surface area contributed by atoms with Gasteiger partial charge >= 0.3 is 0 Å². The Labute approximate surface area is 166 Å². The van der Waals surface area contributed by atoms with E-state index >= 15 is 0 Å². The SMILES string of the molecule is COc1ccccc1N=C1S[C@H](C(=O)Nc2ccccc2Cl)CC(=O)N1C. The van der Waals surface area contributed by atoms with Gasteiger partial charge in [0, 0.05) is 13.5 Å². The molecule has 0 aromatic heterocycles. The first kappa shape index (κ1) is 19.3. The van der Waals surface area contributed by atoms with Crippen molar-refractivity contribution in [1.82, 2.24) is 4.90 Å². The topological polar surface area (TPSA) is 71.0 Å². The first-order valence-corrected chi connectivity index (χ1v) is 9.45. The molecule has 27 heavy (non-hydrogen) atoms. The van der Waals surface area contributed by atoms with Crippen molar-refractivity contribution in [2.45, 2.75) is 11.7 Å². The summed E-state index contributed by atoms with van der Waals surface area (Å²) >= 11 is 7.33. The van der Waals surface area contributed by atoms with E-state index in [4.69, 9.17) is 16.3 Å². The van der Waals surface area contributed by atoms with Crippen LogP contribution >= 0.6 is 23.4 Å². The van der Waals surface area contributed by atoms with Gasteiger partial charge in [0.2, 0.25) is 11.8 Å². The number of nitrogens with zero attached hydrogens (tertiary/aromatic N) is 2. The fourth-order valence-corrected chi connectivity index (χ4v) is 3.74. The summed E-state index contributed by atoms with van der Waals surface area (Å²) in [4.78, 5) is 31.0. The smallest absolute Gasteiger partial charge is 0.238 e. The van der Waals surface area contributed by atoms with E-state index in [1.54, 1.807) is 50.6 Å². The zero-order valence-corrected chi connectivity index (χ0v) is 16.4. The van der Waals surface area contributed by atoms with Crippen LogP contribution in [0.4, 0.5) is 11.4 Å². The summed E-state index contributed by atoms with van der Waals surface area (Å²) in [5, 5.41) is 3.06. The lowest BCUT2D eigenvalue weighted by atomic mass is 10.2. The quantitative estimate of drug-likeness (QED) is 0.839. The van der Waals surface area contributed by atoms with Crippen molar-refractivity contribution < 1.29 is 14.3 Å². The minimum absolute atomic E-state index is 0.0857. The first-order valence-electron chi connectivity index (χ1n) is 8.20. The van der Waals surface area contributed by atoms with Crippen molar-refractivity contribution >= 4 is 51.7 Å². The van der Waals surface area contributed by atoms with Crippen molar-refractivity contribution in [3.05, 3.63) is 53.6 Å². The van der Waals surface area contributed by atoms with Gasteiger partial charge in [0.05, 0.1) is 17.8 Å². The van der Waals surface area contributed by atoms with E-state index in [9.17, 15) is 9.59 Å². The summed E-state index contributed by atoms with van der Waals surface area (Å²) < 4.78 is 5.30. The second-order valence-electron chi connectivity index (χ2n) is 5.80. The number of thioether (sulfide) groups is 1. The van der Waals surface area contributed by atoms with E-state index in [1.165, 1.54) is 16.7 Å². The molecule has 0 aliphatic carbocycles. The number of carbonyl (C=O) groups excluding carboxylic acids is 2. The number of para-hydroxylation sites is 3. The van der Waals surface area contributed by atoms with E-state index in [0.29, 0.717) is 27.3 Å². The summed E-state index contributed by atoms with van der Waals surface area (Å²) in [5.41, 5.74) is 1.11. The van der Waals surface area contributed by atoms with Crippen LogP contribution in [0.5, 0.6) is 5.75 Å². The van der Waals surface area contributed by atoms with E-state index in [0.717, 1.165) is 0 Å². The Balaban J connectivity index is 1.83. The van der Waals surface area contributed by atoms with Crippen molar-refractivity contribution in [1.29, 1.82) is 0 Å². The monoisotopic (exact) mass is 403 g/mol. The molecule has 0 saturated carbocycles. The number of amidine groups is 1. The van der Waals surface area contributed by atoms with Gasteiger partial charge in [-0.05, 0) is 24.3 Å². The maximum absolute atomic E-state index is 12.7. The summed E-state index contributed by atoms with van der Waals surface area (Å²) in [6.07, 6.45) is 0.0857. The molecule has 1 N–H and O–H groups in total. The van der Waals surface area contributed by atoms with Crippen molar-refractivity contribution in [3.63, 3.8) is 0 Å². The Kier molecular flexibility index (Phi) is 6.03. The molecule has 1 heterocycles. The molecule has 0 unspecified atom stereocenters. The van der Waals surface area contributed by atoms with Crippen LogP contribution in [-0.4, -0.2) is 41.3 Å². The van der Waals surface area contributed by atoms with Crippen LogP contribution in [-0.2, 0) is 9.59 Å². The standard InChI is InChI=1S/C19H18ClN3O3S/c1-23-17(24)11-16(18(25)21-13-8-4-3-7-12(13)20)27-19(23)22-14-9-5-6-10-15(14)26-2/h3-10,16H,11H2,1-2H3,(H,21,25)/t16-/m0/s1. The van der Waals surface area contributed by atoms with Crippen LogP contribution in [0.15, 0.2) is 53.5 Å². The Morgan fingerprint density at radius 3 is 2.70 bits per heavy atom. The van der Waals surface area contributed by atoms with E-state index in [-0.39, 0.29) is 18.2 Å². The Morgan fingerprint density at radius 2 is 1.96 bits per heavy atom. The maximum Gasteiger partial charge on any atom is 0.238 e. The molecular formula is C19H18ClN3O3S. The van der Waals surface area contributed by atoms with Gasteiger partial charge in [-0.3, -0.25) is 14.5 Å². The zero-order valence-electron chi connectivity index (χ0n) is 14.8. The fraction of sp³-hybridized carbons (Fsp3) is 0.211. The van der Waals surface area contributed by atoms with Gasteiger partial charge in [-0.15, -0.1) is 0 Å². The van der Waals surface area contributed by atoms with Gasteiger partial charge < -0.3 is 10.1 Å². The minimum atomic E-state index is -0.599. The molecule has 1 atom stereocenters. The molecule has 0 bridgehead atoms. The second-order valence-corrected chi connectivity index (χ2v) is 7.38. The third-order valence-electron chi connectivity index (χ3n) is 3.99. The van der Waals surface area contributed by atoms with Crippen LogP contribution in [0.3, 0.4) is 0 Å². The lowest BCUT2D eigenvalue weighted by molar-refractivity contribution is -0.128. The summed E-state index contributed by atoms with van der Waals surface area (Å²) in [6.45, 7) is 0. The van der Waals surface area contributed by atoms with Crippen LogP contribution in [0, 0.1) is 0 Å². The maximum atomic E-state index is 12.7. The summed E-state index contributed by atoms with van der Waals surface area (Å²) in [6, 6.07) is 14.2. The normalized spacial score (nSPS) is 18.5. The Hall–Kier alpha value is -2.51. The Bertz CT molecular complexity index is 903. The third kappa shape index (κ3) is 4.43. The number of halogens is 1. The number of anilines is 1. The number of amides is 2. The number of rotatable bonds is 4. The van der Waals surface area contributed by atoms with Crippen molar-refractivity contribution in [2.24, 2.45) is 4.99 Å². The number of carbonyl (C=O) groups is 2. The second kappa shape index (κ2) is 8.45. The predicted molar refractivity (Wildman–Crippen MR) is 109 cm³/mol. The van der Waals surface area contributed by atoms with Crippen LogP contribution in [0.1, 0.15) is 6.42 Å². The highest BCUT2D eigenvalue weighted by molar-refractivity contribution is 8.15. The number of benzene rings is 2. The van der Waals surface area contributed by atoms with Crippen LogP contribution in [0.25, 0.3) is 0 Å². The van der Waals surface area contributed by atoms with E-state index in [2.05, 4.69) is 10.3 Å². The minimum Gasteiger partial charge on any atom is -0.494 e. The van der Waals surface area contributed by atoms with Crippen LogP contribution in [0.2, 0.25) is 5.02 Å². The summed E-state index contributed by atoms with van der Waals surface area (Å²) in [5.74, 6) is 0.123. The third-order valence-corrected chi connectivity index (χ3v) is 5.56. The summed E-state index contributed by atoms with van der Waals surface area (Å²) in [7, 11) is 3.20. The van der Waals surface area contributed by atoms with E-state index < -0.39 is 5.25 Å². The number of aliphatic imine (C=N–C) groups is 1. The van der Waals surface area contributed by atoms with Gasteiger partial charge in [-0.25, -0.2) is 4.99 Å². The molecule has 6 nitrogen and oxygen atoms in total. The van der Waals surface area contributed by atoms with Gasteiger partial charge in [0.25, 0.3) is 0 Å². The Morgan fingerprint density at radius 1 is 1.26 bits per heavy atom. The lowest BCUT2D eigenvalue weighted by Gasteiger charge is -2.29. The fourth-order valence-electron chi connectivity index (χ4n) is 2.50. The molecule has 1 fully saturated rings. The molecule has 2 aromatic rings. The molecule has 8 heteroatoms. The highest BCUT2D eigenvalue weighted by Crippen LogP contribution is 2.33. The number of hydrogen-bond acceptors (Lipinski definition) is 5. The molecule has 1 saturated heterocycles. The molecule has 1 aliphatic rings. The zero-order chi connectivity index (χ0) is 19.4. The predicted octanol–water partition coefficient (Wildman–Crippen LogP) is 3.94. The number of methoxy groups -OCH3 is 1. The molecule has 0 radical (unpaired) electrons. The van der Waals surface area contributed by atoms with Crippen molar-refractivity contribution in [3.8, 4) is 5.75 Å². The van der Waals surface area contributed by atoms with Gasteiger partial charge in [-0.2, -0.15) is 0 Å². The van der Waals surface area contributed by atoms with Crippen LogP contribution < -0.4 is 10.1 Å². The highest BCUT2D eigenvalue weighted by atomic mass is 35.5. The van der Waals surface area contributed by atoms with Crippen molar-refractivity contribution in [2.75, 3.05) is 19.5 Å². The molecule has 2 amide bonds.